The van der Waals surface area contributed by atoms with E-state index in [1.165, 1.54) is 12.1 Å². The Balaban J connectivity index is 1.98. The van der Waals surface area contributed by atoms with Crippen LogP contribution in [0.15, 0.2) is 48.5 Å². The summed E-state index contributed by atoms with van der Waals surface area (Å²) in [7, 11) is 0. The highest BCUT2D eigenvalue weighted by Gasteiger charge is 2.33. The summed E-state index contributed by atoms with van der Waals surface area (Å²) in [5.74, 6) is -3.16. The SMILES string of the molecule is CC(C)c1ccc(CC(C)(C)c2cc(F)c(C(C)(C)c3ccc(F)cc3F)cc2F)cc1F. The van der Waals surface area contributed by atoms with Gasteiger partial charge in [-0.25, -0.2) is 22.0 Å². The Bertz CT molecular complexity index is 1180. The van der Waals surface area contributed by atoms with Crippen molar-refractivity contribution in [3.8, 4) is 0 Å². The highest BCUT2D eigenvalue weighted by Crippen LogP contribution is 2.39. The van der Waals surface area contributed by atoms with Crippen molar-refractivity contribution in [1.82, 2.24) is 0 Å². The molecule has 3 rings (SSSR count). The molecule has 33 heavy (non-hydrogen) atoms. The van der Waals surface area contributed by atoms with Crippen LogP contribution >= 0.6 is 0 Å². The Morgan fingerprint density at radius 3 is 1.79 bits per heavy atom. The summed E-state index contributed by atoms with van der Waals surface area (Å²) in [5.41, 5.74) is -0.602. The maximum atomic E-state index is 15.3. The van der Waals surface area contributed by atoms with E-state index in [1.807, 2.05) is 19.9 Å². The molecule has 0 fully saturated rings. The molecule has 0 nitrogen and oxygen atoms in total. The van der Waals surface area contributed by atoms with Crippen LogP contribution in [0.4, 0.5) is 22.0 Å². The normalized spacial score (nSPS) is 12.5. The minimum atomic E-state index is -1.23. The van der Waals surface area contributed by atoms with Crippen molar-refractivity contribution in [2.75, 3.05) is 0 Å². The maximum Gasteiger partial charge on any atom is 0.130 e. The lowest BCUT2D eigenvalue weighted by atomic mass is 9.74. The predicted octanol–water partition coefficient (Wildman–Crippen LogP) is 8.35. The van der Waals surface area contributed by atoms with Crippen molar-refractivity contribution in [3.63, 3.8) is 0 Å². The van der Waals surface area contributed by atoms with E-state index in [2.05, 4.69) is 0 Å². The van der Waals surface area contributed by atoms with E-state index < -0.39 is 34.1 Å². The summed E-state index contributed by atoms with van der Waals surface area (Å²) in [4.78, 5) is 0. The molecule has 3 aromatic carbocycles. The zero-order chi connectivity index (χ0) is 24.7. The van der Waals surface area contributed by atoms with Gasteiger partial charge in [-0.1, -0.05) is 59.7 Å². The molecule has 0 saturated carbocycles. The molecule has 0 aliphatic heterocycles. The molecule has 0 saturated heterocycles. The fourth-order valence-electron chi connectivity index (χ4n) is 4.44. The molecule has 176 valence electrons. The van der Waals surface area contributed by atoms with E-state index in [-0.39, 0.29) is 28.4 Å². The summed E-state index contributed by atoms with van der Waals surface area (Å²) in [6.07, 6.45) is 0.300. The fourth-order valence-corrected chi connectivity index (χ4v) is 4.44. The van der Waals surface area contributed by atoms with Crippen LogP contribution in [-0.2, 0) is 17.3 Å². The minimum absolute atomic E-state index is 0.0302. The van der Waals surface area contributed by atoms with Crippen LogP contribution in [-0.4, -0.2) is 0 Å². The average molecular weight is 461 g/mol. The third-order valence-corrected chi connectivity index (χ3v) is 6.40. The smallest absolute Gasteiger partial charge is 0.130 e. The Hall–Kier alpha value is -2.69. The van der Waals surface area contributed by atoms with E-state index >= 15 is 8.78 Å². The van der Waals surface area contributed by atoms with Gasteiger partial charge in [-0.15, -0.1) is 0 Å². The standard InChI is InChI=1S/C28H29F5/c1-16(2)19-9-7-17(11-23(19)30)15-27(3,4)21-13-26(33)22(14-25(21)32)28(5,6)20-10-8-18(29)12-24(20)31/h7-14,16H,15H2,1-6H3. The Labute approximate surface area is 192 Å². The van der Waals surface area contributed by atoms with Crippen molar-refractivity contribution in [2.24, 2.45) is 0 Å². The third kappa shape index (κ3) is 4.97. The summed E-state index contributed by atoms with van der Waals surface area (Å²) in [5, 5.41) is 0. The van der Waals surface area contributed by atoms with E-state index in [1.54, 1.807) is 33.8 Å². The quantitative estimate of drug-likeness (QED) is 0.324. The highest BCUT2D eigenvalue weighted by molar-refractivity contribution is 5.43. The molecule has 0 radical (unpaired) electrons. The van der Waals surface area contributed by atoms with Gasteiger partial charge in [0.2, 0.25) is 0 Å². The number of halogens is 5. The zero-order valence-corrected chi connectivity index (χ0v) is 19.8. The second-order valence-electron chi connectivity index (χ2n) is 10.1. The lowest BCUT2D eigenvalue weighted by molar-refractivity contribution is 0.459. The monoisotopic (exact) mass is 460 g/mol. The fraction of sp³-hybridized carbons (Fsp3) is 0.357. The molecule has 0 spiro atoms. The van der Waals surface area contributed by atoms with Gasteiger partial charge in [0.05, 0.1) is 0 Å². The van der Waals surface area contributed by atoms with Gasteiger partial charge in [-0.05, 0) is 64.3 Å². The van der Waals surface area contributed by atoms with Gasteiger partial charge < -0.3 is 0 Å². The molecule has 0 heterocycles. The Morgan fingerprint density at radius 2 is 1.21 bits per heavy atom. The predicted molar refractivity (Wildman–Crippen MR) is 122 cm³/mol. The molecule has 3 aromatic rings. The molecule has 0 aliphatic carbocycles. The second kappa shape index (κ2) is 8.92. The van der Waals surface area contributed by atoms with Gasteiger partial charge in [-0.2, -0.15) is 0 Å². The van der Waals surface area contributed by atoms with E-state index in [0.717, 1.165) is 24.3 Å². The molecule has 0 aliphatic rings. The van der Waals surface area contributed by atoms with Gasteiger partial charge in [0.15, 0.2) is 0 Å². The number of hydrogen-bond donors (Lipinski definition) is 0. The van der Waals surface area contributed by atoms with Gasteiger partial charge in [0, 0.05) is 17.0 Å². The minimum Gasteiger partial charge on any atom is -0.207 e. The lowest BCUT2D eigenvalue weighted by Gasteiger charge is -2.30. The van der Waals surface area contributed by atoms with Crippen LogP contribution in [0.1, 0.15) is 75.3 Å². The topological polar surface area (TPSA) is 0 Å². The van der Waals surface area contributed by atoms with Gasteiger partial charge in [0.25, 0.3) is 0 Å². The van der Waals surface area contributed by atoms with Crippen LogP contribution in [0, 0.1) is 29.1 Å². The average Bonchev–Trinajstić information content (AvgIpc) is 2.68. The first-order chi connectivity index (χ1) is 15.2. The summed E-state index contributed by atoms with van der Waals surface area (Å²) >= 11 is 0. The maximum absolute atomic E-state index is 15.3. The largest absolute Gasteiger partial charge is 0.207 e. The first-order valence-electron chi connectivity index (χ1n) is 11.0. The number of benzene rings is 3. The summed E-state index contributed by atoms with van der Waals surface area (Å²) in [6.45, 7) is 10.5. The van der Waals surface area contributed by atoms with Crippen molar-refractivity contribution in [2.45, 2.75) is 64.7 Å². The summed E-state index contributed by atoms with van der Waals surface area (Å²) in [6, 6.07) is 10.3. The van der Waals surface area contributed by atoms with Crippen LogP contribution in [0.3, 0.4) is 0 Å². The van der Waals surface area contributed by atoms with Crippen molar-refractivity contribution in [1.29, 1.82) is 0 Å². The molecule has 0 aromatic heterocycles. The van der Waals surface area contributed by atoms with Gasteiger partial charge in [0.1, 0.15) is 29.1 Å². The van der Waals surface area contributed by atoms with Crippen LogP contribution in [0.25, 0.3) is 0 Å². The Kier molecular flexibility index (Phi) is 6.74. The zero-order valence-electron chi connectivity index (χ0n) is 19.8. The molecule has 0 atom stereocenters. The van der Waals surface area contributed by atoms with E-state index in [0.29, 0.717) is 17.5 Å². The lowest BCUT2D eigenvalue weighted by Crippen LogP contribution is -2.26. The first-order valence-corrected chi connectivity index (χ1v) is 11.0. The van der Waals surface area contributed by atoms with Crippen molar-refractivity contribution < 1.29 is 22.0 Å². The van der Waals surface area contributed by atoms with E-state index in [4.69, 9.17) is 0 Å². The summed E-state index contributed by atoms with van der Waals surface area (Å²) < 4.78 is 72.7. The number of hydrogen-bond acceptors (Lipinski definition) is 0. The molecular weight excluding hydrogens is 431 g/mol. The van der Waals surface area contributed by atoms with Crippen LogP contribution in [0.2, 0.25) is 0 Å². The highest BCUT2D eigenvalue weighted by atomic mass is 19.1. The van der Waals surface area contributed by atoms with Gasteiger partial charge in [-0.3, -0.25) is 0 Å². The molecular formula is C28H29F5. The molecule has 0 bridgehead atoms. The van der Waals surface area contributed by atoms with Crippen molar-refractivity contribution in [3.05, 3.63) is 105 Å². The second-order valence-corrected chi connectivity index (χ2v) is 10.1. The van der Waals surface area contributed by atoms with Crippen LogP contribution in [0.5, 0.6) is 0 Å². The first kappa shape index (κ1) is 24.9. The molecule has 5 heteroatoms. The molecule has 0 amide bonds. The third-order valence-electron chi connectivity index (χ3n) is 6.40. The van der Waals surface area contributed by atoms with Crippen molar-refractivity contribution >= 4 is 0 Å². The number of rotatable bonds is 6. The van der Waals surface area contributed by atoms with E-state index in [9.17, 15) is 13.2 Å². The molecule has 0 N–H and O–H groups in total. The Morgan fingerprint density at radius 1 is 0.636 bits per heavy atom. The molecule has 0 unspecified atom stereocenters. The van der Waals surface area contributed by atoms with Gasteiger partial charge >= 0.3 is 0 Å². The van der Waals surface area contributed by atoms with Crippen LogP contribution < -0.4 is 0 Å².